The van der Waals surface area contributed by atoms with Gasteiger partial charge in [-0.2, -0.15) is 0 Å². The minimum Gasteiger partial charge on any atom is -0.508 e. The highest BCUT2D eigenvalue weighted by atomic mass is 16.5. The van der Waals surface area contributed by atoms with Crippen LogP contribution in [0.2, 0.25) is 0 Å². The van der Waals surface area contributed by atoms with E-state index in [0.717, 1.165) is 12.1 Å². The summed E-state index contributed by atoms with van der Waals surface area (Å²) in [5.74, 6) is -2.11. The van der Waals surface area contributed by atoms with E-state index in [0.29, 0.717) is 0 Å². The lowest BCUT2D eigenvalue weighted by Gasteiger charge is -2.16. The molecule has 1 aromatic rings. The van der Waals surface area contributed by atoms with Crippen LogP contribution in [0.5, 0.6) is 11.5 Å². The topological polar surface area (TPSA) is 124 Å². The van der Waals surface area contributed by atoms with Crippen molar-refractivity contribution in [2.75, 3.05) is 0 Å². The molecule has 0 fully saturated rings. The van der Waals surface area contributed by atoms with E-state index in [1.807, 2.05) is 0 Å². The fraction of sp³-hybridized carbons (Fsp3) is 0.333. The van der Waals surface area contributed by atoms with Crippen molar-refractivity contribution in [1.82, 2.24) is 0 Å². The number of fused-ring (bicyclic) bond motifs is 1. The number of phenolic OH excluding ortho intramolecular Hbond substituents is 2. The van der Waals surface area contributed by atoms with Gasteiger partial charge in [0, 0.05) is 12.5 Å². The minimum absolute atomic E-state index is 0.0674. The SMILES string of the molecule is C[C@H]1C/C=C\C(=O)C(O)[C@@H](O)C/C=C/c2cc(O)cc(O)c2C(=O)O1. The second kappa shape index (κ2) is 7.96. The quantitative estimate of drug-likeness (QED) is 0.521. The van der Waals surface area contributed by atoms with Gasteiger partial charge < -0.3 is 25.2 Å². The first-order valence-electron chi connectivity index (χ1n) is 7.79. The van der Waals surface area contributed by atoms with Crippen LogP contribution < -0.4 is 0 Å². The van der Waals surface area contributed by atoms with Gasteiger partial charge in [-0.05, 0) is 31.1 Å². The van der Waals surface area contributed by atoms with Crippen LogP contribution in [-0.2, 0) is 9.53 Å². The molecule has 0 amide bonds. The summed E-state index contributed by atoms with van der Waals surface area (Å²) < 4.78 is 5.24. The Morgan fingerprint density at radius 1 is 1.04 bits per heavy atom. The molecule has 3 atom stereocenters. The van der Waals surface area contributed by atoms with Crippen molar-refractivity contribution in [2.24, 2.45) is 0 Å². The number of hydrogen-bond donors (Lipinski definition) is 4. The van der Waals surface area contributed by atoms with Crippen LogP contribution in [0.1, 0.15) is 35.7 Å². The molecule has 1 aliphatic rings. The summed E-state index contributed by atoms with van der Waals surface area (Å²) >= 11 is 0. The van der Waals surface area contributed by atoms with Gasteiger partial charge >= 0.3 is 5.97 Å². The number of ether oxygens (including phenoxy) is 1. The molecule has 1 aromatic carbocycles. The van der Waals surface area contributed by atoms with Crippen molar-refractivity contribution in [2.45, 2.75) is 38.1 Å². The van der Waals surface area contributed by atoms with E-state index in [9.17, 15) is 30.0 Å². The van der Waals surface area contributed by atoms with Crippen LogP contribution in [0.15, 0.2) is 30.4 Å². The first-order valence-corrected chi connectivity index (χ1v) is 7.79. The predicted octanol–water partition coefficient (Wildman–Crippen LogP) is 1.30. The Balaban J connectivity index is 2.43. The summed E-state index contributed by atoms with van der Waals surface area (Å²) in [7, 11) is 0. The summed E-state index contributed by atoms with van der Waals surface area (Å²) in [6.45, 7) is 1.61. The largest absolute Gasteiger partial charge is 0.508 e. The lowest BCUT2D eigenvalue weighted by molar-refractivity contribution is -0.127. The Kier molecular flexibility index (Phi) is 5.95. The highest BCUT2D eigenvalue weighted by Gasteiger charge is 2.23. The number of benzene rings is 1. The number of cyclic esters (lactones) is 1. The molecule has 7 nitrogen and oxygen atoms in total. The highest BCUT2D eigenvalue weighted by molar-refractivity contribution is 5.97. The van der Waals surface area contributed by atoms with Crippen molar-refractivity contribution < 1.29 is 34.8 Å². The Morgan fingerprint density at radius 2 is 1.72 bits per heavy atom. The first-order chi connectivity index (χ1) is 11.8. The third-order valence-corrected chi connectivity index (χ3v) is 3.73. The van der Waals surface area contributed by atoms with Crippen LogP contribution in [0, 0.1) is 0 Å². The molecular weight excluding hydrogens is 328 g/mol. The maximum atomic E-state index is 12.3. The zero-order valence-corrected chi connectivity index (χ0v) is 13.6. The number of rotatable bonds is 0. The summed E-state index contributed by atoms with van der Waals surface area (Å²) in [6.07, 6.45) is 2.05. The van der Waals surface area contributed by atoms with Crippen molar-refractivity contribution in [3.63, 3.8) is 0 Å². The molecule has 0 spiro atoms. The molecule has 1 heterocycles. The molecule has 0 aliphatic carbocycles. The van der Waals surface area contributed by atoms with Gasteiger partial charge in [0.05, 0.1) is 6.10 Å². The maximum absolute atomic E-state index is 12.3. The number of aliphatic hydroxyl groups excluding tert-OH is 2. The smallest absolute Gasteiger partial charge is 0.342 e. The molecule has 7 heteroatoms. The number of aromatic hydroxyl groups is 2. The van der Waals surface area contributed by atoms with Crippen LogP contribution >= 0.6 is 0 Å². The summed E-state index contributed by atoms with van der Waals surface area (Å²) in [4.78, 5) is 24.1. The summed E-state index contributed by atoms with van der Waals surface area (Å²) in [5, 5.41) is 39.3. The van der Waals surface area contributed by atoms with Gasteiger partial charge in [-0.3, -0.25) is 4.79 Å². The molecule has 0 aromatic heterocycles. The van der Waals surface area contributed by atoms with Crippen LogP contribution in [-0.4, -0.2) is 50.5 Å². The molecule has 2 rings (SSSR count). The minimum atomic E-state index is -1.57. The summed E-state index contributed by atoms with van der Waals surface area (Å²) in [5.41, 5.74) is 0.0726. The molecule has 25 heavy (non-hydrogen) atoms. The van der Waals surface area contributed by atoms with Gasteiger partial charge in [-0.25, -0.2) is 4.79 Å². The summed E-state index contributed by atoms with van der Waals surface area (Å²) in [6, 6.07) is 2.29. The van der Waals surface area contributed by atoms with E-state index in [1.54, 1.807) is 6.92 Å². The Hall–Kier alpha value is -2.64. The number of aliphatic hydroxyl groups is 2. The number of ketones is 1. The Bertz CT molecular complexity index is 720. The van der Waals surface area contributed by atoms with Crippen molar-refractivity contribution in [3.05, 3.63) is 41.5 Å². The van der Waals surface area contributed by atoms with Gasteiger partial charge in [0.15, 0.2) is 5.78 Å². The third-order valence-electron chi connectivity index (χ3n) is 3.73. The van der Waals surface area contributed by atoms with E-state index >= 15 is 0 Å². The Morgan fingerprint density at radius 3 is 2.44 bits per heavy atom. The maximum Gasteiger partial charge on any atom is 0.342 e. The number of carbonyl (C=O) groups is 2. The van der Waals surface area contributed by atoms with E-state index in [1.165, 1.54) is 24.3 Å². The van der Waals surface area contributed by atoms with E-state index in [4.69, 9.17) is 4.74 Å². The number of esters is 1. The number of hydrogen-bond acceptors (Lipinski definition) is 7. The monoisotopic (exact) mass is 348 g/mol. The van der Waals surface area contributed by atoms with Crippen molar-refractivity contribution >= 4 is 17.8 Å². The highest BCUT2D eigenvalue weighted by Crippen LogP contribution is 2.29. The Labute approximate surface area is 144 Å². The van der Waals surface area contributed by atoms with Crippen LogP contribution in [0.25, 0.3) is 6.08 Å². The van der Waals surface area contributed by atoms with Gasteiger partial charge in [-0.1, -0.05) is 18.2 Å². The second-order valence-corrected chi connectivity index (χ2v) is 5.84. The lowest BCUT2D eigenvalue weighted by Crippen LogP contribution is -2.32. The molecule has 0 radical (unpaired) electrons. The molecule has 134 valence electrons. The molecule has 4 N–H and O–H groups in total. The first kappa shape index (κ1) is 18.7. The second-order valence-electron chi connectivity index (χ2n) is 5.84. The van der Waals surface area contributed by atoms with E-state index < -0.39 is 35.8 Å². The number of phenols is 2. The zero-order chi connectivity index (χ0) is 18.6. The molecule has 0 saturated heterocycles. The predicted molar refractivity (Wildman–Crippen MR) is 89.1 cm³/mol. The molecular formula is C18H20O7. The standard InChI is InChI=1S/C18H20O7/c1-10-4-2-6-13(20)17(23)14(21)7-3-5-11-8-12(19)9-15(22)16(11)18(24)25-10/h2-3,5-6,8-10,14,17,19,21-23H,4,7H2,1H3/b5-3+,6-2-/t10-,14-,17?/m0/s1. The fourth-order valence-corrected chi connectivity index (χ4v) is 2.40. The van der Waals surface area contributed by atoms with Gasteiger partial charge in [-0.15, -0.1) is 0 Å². The van der Waals surface area contributed by atoms with Gasteiger partial charge in [0.2, 0.25) is 0 Å². The van der Waals surface area contributed by atoms with E-state index in [2.05, 4.69) is 0 Å². The number of carbonyl (C=O) groups excluding carboxylic acids is 2. The normalized spacial score (nSPS) is 27.7. The van der Waals surface area contributed by atoms with Crippen molar-refractivity contribution in [1.29, 1.82) is 0 Å². The van der Waals surface area contributed by atoms with Gasteiger partial charge in [0.25, 0.3) is 0 Å². The molecule has 1 unspecified atom stereocenters. The average molecular weight is 348 g/mol. The average Bonchev–Trinajstić information content (AvgIpc) is 2.52. The van der Waals surface area contributed by atoms with Gasteiger partial charge in [0.1, 0.15) is 29.3 Å². The van der Waals surface area contributed by atoms with Crippen LogP contribution in [0.4, 0.5) is 0 Å². The third kappa shape index (κ3) is 4.68. The molecule has 0 bridgehead atoms. The lowest BCUT2D eigenvalue weighted by atomic mass is 10.0. The zero-order valence-electron chi connectivity index (χ0n) is 13.6. The molecule has 0 saturated carbocycles. The van der Waals surface area contributed by atoms with Crippen molar-refractivity contribution in [3.8, 4) is 11.5 Å². The fourth-order valence-electron chi connectivity index (χ4n) is 2.40. The van der Waals surface area contributed by atoms with E-state index in [-0.39, 0.29) is 29.7 Å². The van der Waals surface area contributed by atoms with Crippen LogP contribution in [0.3, 0.4) is 0 Å². The molecule has 1 aliphatic heterocycles.